The van der Waals surface area contributed by atoms with E-state index in [9.17, 15) is 22.8 Å². The summed E-state index contributed by atoms with van der Waals surface area (Å²) in [7, 11) is 1.19. The Morgan fingerprint density at radius 2 is 2.03 bits per heavy atom. The lowest BCUT2D eigenvalue weighted by molar-refractivity contribution is -0.142. The first-order valence-electron chi connectivity index (χ1n) is 8.56. The fourth-order valence-corrected chi connectivity index (χ4v) is 2.34. The smallest absolute Gasteiger partial charge is 0.433 e. The van der Waals surface area contributed by atoms with Gasteiger partial charge >= 0.3 is 12.1 Å². The van der Waals surface area contributed by atoms with Gasteiger partial charge in [0.25, 0.3) is 5.91 Å². The predicted octanol–water partition coefficient (Wildman–Crippen LogP) is 2.65. The molecule has 30 heavy (non-hydrogen) atoms. The Morgan fingerprint density at radius 3 is 2.63 bits per heavy atom. The molecular formula is C20H18F3N3O4. The Balaban J connectivity index is 2.21. The number of aromatic nitrogens is 1. The third-order valence-corrected chi connectivity index (χ3v) is 3.81. The van der Waals surface area contributed by atoms with Crippen molar-refractivity contribution in [2.45, 2.75) is 25.2 Å². The van der Waals surface area contributed by atoms with Gasteiger partial charge in [0.15, 0.2) is 0 Å². The highest BCUT2D eigenvalue weighted by Gasteiger charge is 2.33. The molecule has 0 saturated heterocycles. The first-order chi connectivity index (χ1) is 14.2. The summed E-state index contributed by atoms with van der Waals surface area (Å²) in [5.74, 6) is 0.811. The minimum Gasteiger partial charge on any atom is -0.469 e. The molecule has 0 aliphatic heterocycles. The molecule has 1 atom stereocenters. The number of rotatable bonds is 7. The lowest BCUT2D eigenvalue weighted by Crippen LogP contribution is -2.35. The average Bonchev–Trinajstić information content (AvgIpc) is 2.72. The Bertz CT molecular complexity index is 970. The zero-order valence-electron chi connectivity index (χ0n) is 15.8. The van der Waals surface area contributed by atoms with Gasteiger partial charge in [-0.05, 0) is 29.8 Å². The maximum absolute atomic E-state index is 13.0. The number of benzene rings is 1. The molecule has 1 aromatic carbocycles. The largest absolute Gasteiger partial charge is 0.469 e. The normalized spacial score (nSPS) is 11.9. The van der Waals surface area contributed by atoms with E-state index < -0.39 is 29.8 Å². The average molecular weight is 421 g/mol. The molecule has 0 bridgehead atoms. The topological polar surface area (TPSA) is 104 Å². The molecule has 0 radical (unpaired) electrons. The molecular weight excluding hydrogens is 403 g/mol. The van der Waals surface area contributed by atoms with Crippen molar-refractivity contribution < 1.29 is 32.2 Å². The Morgan fingerprint density at radius 1 is 1.30 bits per heavy atom. The Kier molecular flexibility index (Phi) is 7.38. The molecule has 0 spiro atoms. The number of nitrogens with two attached hydrogens (primary N) is 1. The second-order valence-corrected chi connectivity index (χ2v) is 6.00. The van der Waals surface area contributed by atoms with Crippen LogP contribution in [0.5, 0.6) is 11.6 Å². The number of nitrogens with one attached hydrogen (secondary N) is 1. The lowest BCUT2D eigenvalue weighted by Gasteiger charge is -2.13. The van der Waals surface area contributed by atoms with Crippen LogP contribution in [0.3, 0.4) is 0 Å². The van der Waals surface area contributed by atoms with E-state index in [1.807, 2.05) is 0 Å². The number of ether oxygens (including phenoxy) is 2. The summed E-state index contributed by atoms with van der Waals surface area (Å²) in [4.78, 5) is 27.1. The lowest BCUT2D eigenvalue weighted by atomic mass is 10.1. The third-order valence-electron chi connectivity index (χ3n) is 3.81. The fraction of sp³-hybridized carbons (Fsp3) is 0.250. The summed E-state index contributed by atoms with van der Waals surface area (Å²) in [5.41, 5.74) is 4.59. The molecule has 1 amide bonds. The standard InChI is InChI=1S/C20H18F3N3O4/c1-3-14(10-18(27)29-2)25-19(28)13-5-4-6-15(9-13)30-17-8-12(11-24)7-16(26-17)20(21,22)23/h1,4-9,14H,10-11,24H2,2H3,(H,25,28)/t14-/m0/s1. The molecule has 2 rings (SSSR count). The van der Waals surface area contributed by atoms with Gasteiger partial charge in [-0.2, -0.15) is 13.2 Å². The van der Waals surface area contributed by atoms with Gasteiger partial charge in [-0.25, -0.2) is 4.98 Å². The van der Waals surface area contributed by atoms with E-state index >= 15 is 0 Å². The van der Waals surface area contributed by atoms with Crippen molar-refractivity contribution in [2.75, 3.05) is 7.11 Å². The SMILES string of the molecule is C#C[C@@H](CC(=O)OC)NC(=O)c1cccc(Oc2cc(CN)cc(C(F)(F)F)n2)c1. The predicted molar refractivity (Wildman–Crippen MR) is 100 cm³/mol. The molecule has 0 saturated carbocycles. The van der Waals surface area contributed by atoms with E-state index in [2.05, 4.69) is 21.0 Å². The van der Waals surface area contributed by atoms with E-state index in [-0.39, 0.29) is 35.7 Å². The van der Waals surface area contributed by atoms with Crippen LogP contribution in [0.1, 0.15) is 28.0 Å². The van der Waals surface area contributed by atoms with Gasteiger partial charge in [-0.3, -0.25) is 9.59 Å². The van der Waals surface area contributed by atoms with Gasteiger partial charge in [-0.1, -0.05) is 12.0 Å². The molecule has 2 aromatic rings. The first-order valence-corrected chi connectivity index (χ1v) is 8.56. The van der Waals surface area contributed by atoms with Crippen molar-refractivity contribution in [3.8, 4) is 24.0 Å². The van der Waals surface area contributed by atoms with Crippen molar-refractivity contribution in [3.63, 3.8) is 0 Å². The van der Waals surface area contributed by atoms with E-state index in [1.54, 1.807) is 0 Å². The quantitative estimate of drug-likeness (QED) is 0.526. The molecule has 158 valence electrons. The van der Waals surface area contributed by atoms with Crippen LogP contribution in [0, 0.1) is 12.3 Å². The molecule has 0 aliphatic rings. The maximum Gasteiger partial charge on any atom is 0.433 e. The summed E-state index contributed by atoms with van der Waals surface area (Å²) < 4.78 is 48.9. The van der Waals surface area contributed by atoms with Crippen LogP contribution in [0.2, 0.25) is 0 Å². The number of esters is 1. The summed E-state index contributed by atoms with van der Waals surface area (Å²) in [6, 6.07) is 6.85. The molecule has 1 aromatic heterocycles. The number of pyridine rings is 1. The zero-order chi connectivity index (χ0) is 22.3. The summed E-state index contributed by atoms with van der Waals surface area (Å²) in [5, 5.41) is 2.47. The van der Waals surface area contributed by atoms with E-state index in [0.717, 1.165) is 6.07 Å². The van der Waals surface area contributed by atoms with Crippen molar-refractivity contribution in [2.24, 2.45) is 5.73 Å². The van der Waals surface area contributed by atoms with Crippen molar-refractivity contribution in [3.05, 3.63) is 53.2 Å². The Hall–Kier alpha value is -3.58. The summed E-state index contributed by atoms with van der Waals surface area (Å²) in [6.45, 7) is -0.141. The molecule has 1 heterocycles. The molecule has 0 unspecified atom stereocenters. The highest BCUT2D eigenvalue weighted by molar-refractivity contribution is 5.95. The molecule has 3 N–H and O–H groups in total. The fourth-order valence-electron chi connectivity index (χ4n) is 2.34. The number of methoxy groups -OCH3 is 1. The number of halogens is 3. The van der Waals surface area contributed by atoms with Crippen LogP contribution in [-0.4, -0.2) is 30.0 Å². The van der Waals surface area contributed by atoms with E-state index in [1.165, 1.54) is 37.4 Å². The van der Waals surface area contributed by atoms with Crippen LogP contribution in [0.4, 0.5) is 13.2 Å². The molecule has 0 fully saturated rings. The van der Waals surface area contributed by atoms with Gasteiger partial charge in [-0.15, -0.1) is 6.42 Å². The number of hydrogen-bond donors (Lipinski definition) is 2. The third kappa shape index (κ3) is 6.22. The number of carbonyl (C=O) groups is 2. The summed E-state index contributed by atoms with van der Waals surface area (Å²) >= 11 is 0. The Labute approximate surface area is 170 Å². The van der Waals surface area contributed by atoms with Gasteiger partial charge in [0.05, 0.1) is 13.5 Å². The first kappa shape index (κ1) is 22.7. The molecule has 7 nitrogen and oxygen atoms in total. The van der Waals surface area contributed by atoms with Gasteiger partial charge in [0.2, 0.25) is 5.88 Å². The van der Waals surface area contributed by atoms with Gasteiger partial charge in [0, 0.05) is 18.2 Å². The highest BCUT2D eigenvalue weighted by atomic mass is 19.4. The molecule has 0 aliphatic carbocycles. The van der Waals surface area contributed by atoms with Crippen LogP contribution in [0.25, 0.3) is 0 Å². The minimum atomic E-state index is -4.67. The number of amides is 1. The van der Waals surface area contributed by atoms with Crippen molar-refractivity contribution in [1.82, 2.24) is 10.3 Å². The van der Waals surface area contributed by atoms with Crippen molar-refractivity contribution >= 4 is 11.9 Å². The van der Waals surface area contributed by atoms with Crippen LogP contribution < -0.4 is 15.8 Å². The van der Waals surface area contributed by atoms with Crippen LogP contribution in [0.15, 0.2) is 36.4 Å². The second kappa shape index (κ2) is 9.76. The number of carbonyl (C=O) groups excluding carboxylic acids is 2. The van der Waals surface area contributed by atoms with Crippen LogP contribution >= 0.6 is 0 Å². The maximum atomic E-state index is 13.0. The number of hydrogen-bond acceptors (Lipinski definition) is 6. The van der Waals surface area contributed by atoms with Crippen molar-refractivity contribution in [1.29, 1.82) is 0 Å². The second-order valence-electron chi connectivity index (χ2n) is 6.00. The van der Waals surface area contributed by atoms with E-state index in [4.69, 9.17) is 16.9 Å². The van der Waals surface area contributed by atoms with Gasteiger partial charge in [0.1, 0.15) is 17.5 Å². The van der Waals surface area contributed by atoms with Gasteiger partial charge < -0.3 is 20.5 Å². The summed E-state index contributed by atoms with van der Waals surface area (Å²) in [6.07, 6.45) is 0.414. The zero-order valence-corrected chi connectivity index (χ0v) is 15.8. The van der Waals surface area contributed by atoms with Crippen LogP contribution in [-0.2, 0) is 22.3 Å². The monoisotopic (exact) mass is 421 g/mol. The number of alkyl halides is 3. The van der Waals surface area contributed by atoms with E-state index in [0.29, 0.717) is 0 Å². The minimum absolute atomic E-state index is 0.0719. The molecule has 10 heteroatoms. The number of terminal acetylenes is 1. The number of nitrogens with zero attached hydrogens (tertiary/aromatic N) is 1. The highest BCUT2D eigenvalue weighted by Crippen LogP contribution is 2.31.